The van der Waals surface area contributed by atoms with Gasteiger partial charge >= 0.3 is 5.97 Å². The summed E-state index contributed by atoms with van der Waals surface area (Å²) in [4.78, 5) is 23.5. The Labute approximate surface area is 160 Å². The van der Waals surface area contributed by atoms with E-state index in [1.807, 2.05) is 0 Å². The van der Waals surface area contributed by atoms with Gasteiger partial charge in [-0.15, -0.1) is 10.2 Å². The Bertz CT molecular complexity index is 958. The maximum Gasteiger partial charge on any atom is 0.337 e. The number of rotatable bonds is 6. The third-order valence-electron chi connectivity index (χ3n) is 3.79. The Balaban J connectivity index is 1.56. The highest BCUT2D eigenvalue weighted by Crippen LogP contribution is 2.16. The van der Waals surface area contributed by atoms with E-state index >= 15 is 0 Å². The Kier molecular flexibility index (Phi) is 5.91. The number of aromatic nitrogens is 2. The fraction of sp³-hybridized carbons (Fsp3) is 0.100. The van der Waals surface area contributed by atoms with Gasteiger partial charge in [0.2, 0.25) is 5.91 Å². The molecule has 0 aliphatic heterocycles. The van der Waals surface area contributed by atoms with E-state index in [2.05, 4.69) is 25.6 Å². The molecule has 7 nitrogen and oxygen atoms in total. The predicted molar refractivity (Wildman–Crippen MR) is 102 cm³/mol. The van der Waals surface area contributed by atoms with E-state index in [1.165, 1.54) is 19.2 Å². The highest BCUT2D eigenvalue weighted by molar-refractivity contribution is 5.91. The Morgan fingerprint density at radius 3 is 2.18 bits per heavy atom. The molecule has 0 radical (unpaired) electrons. The van der Waals surface area contributed by atoms with Crippen LogP contribution in [0.2, 0.25) is 0 Å². The van der Waals surface area contributed by atoms with Crippen molar-refractivity contribution in [3.8, 4) is 0 Å². The lowest BCUT2D eigenvalue weighted by molar-refractivity contribution is -0.115. The van der Waals surface area contributed by atoms with Crippen LogP contribution in [0.3, 0.4) is 0 Å². The highest BCUT2D eigenvalue weighted by Gasteiger charge is 2.07. The van der Waals surface area contributed by atoms with Crippen LogP contribution in [0.25, 0.3) is 0 Å². The number of nitrogens with one attached hydrogen (secondary N) is 2. The molecule has 0 atom stereocenters. The summed E-state index contributed by atoms with van der Waals surface area (Å²) in [7, 11) is 1.32. The third kappa shape index (κ3) is 5.10. The summed E-state index contributed by atoms with van der Waals surface area (Å²) >= 11 is 0. The van der Waals surface area contributed by atoms with Crippen LogP contribution in [-0.4, -0.2) is 29.2 Å². The monoisotopic (exact) mass is 380 g/mol. The van der Waals surface area contributed by atoms with Crippen LogP contribution >= 0.6 is 0 Å². The average Bonchev–Trinajstić information content (AvgIpc) is 2.71. The number of carbonyl (C=O) groups is 2. The molecule has 0 bridgehead atoms. The maximum atomic E-state index is 12.9. The largest absolute Gasteiger partial charge is 0.465 e. The van der Waals surface area contributed by atoms with E-state index in [-0.39, 0.29) is 18.1 Å². The second-order valence-electron chi connectivity index (χ2n) is 5.85. The molecular weight excluding hydrogens is 363 g/mol. The minimum absolute atomic E-state index is 0.106. The molecule has 1 aromatic heterocycles. The van der Waals surface area contributed by atoms with Crippen LogP contribution in [0.4, 0.5) is 21.7 Å². The van der Waals surface area contributed by atoms with Crippen molar-refractivity contribution in [1.29, 1.82) is 0 Å². The van der Waals surface area contributed by atoms with E-state index in [1.54, 1.807) is 48.5 Å². The highest BCUT2D eigenvalue weighted by atomic mass is 19.1. The van der Waals surface area contributed by atoms with E-state index < -0.39 is 5.97 Å². The third-order valence-corrected chi connectivity index (χ3v) is 3.79. The molecule has 0 fully saturated rings. The number of hydrogen-bond donors (Lipinski definition) is 2. The Hall–Kier alpha value is -3.81. The van der Waals surface area contributed by atoms with Gasteiger partial charge in [0.15, 0.2) is 11.6 Å². The number of methoxy groups -OCH3 is 1. The normalized spacial score (nSPS) is 10.2. The van der Waals surface area contributed by atoms with Crippen LogP contribution in [0, 0.1) is 5.82 Å². The molecule has 3 rings (SSSR count). The van der Waals surface area contributed by atoms with Crippen LogP contribution < -0.4 is 10.6 Å². The first kappa shape index (κ1) is 19.0. The lowest BCUT2D eigenvalue weighted by Gasteiger charge is -2.07. The van der Waals surface area contributed by atoms with Crippen molar-refractivity contribution in [2.75, 3.05) is 17.7 Å². The zero-order valence-electron chi connectivity index (χ0n) is 15.0. The summed E-state index contributed by atoms with van der Waals surface area (Å²) in [6, 6.07) is 15.7. The first-order valence-corrected chi connectivity index (χ1v) is 8.37. The number of nitrogens with zero attached hydrogens (tertiary/aromatic N) is 2. The molecule has 0 saturated heterocycles. The zero-order chi connectivity index (χ0) is 19.9. The van der Waals surface area contributed by atoms with Gasteiger partial charge in [-0.3, -0.25) is 4.79 Å². The van der Waals surface area contributed by atoms with E-state index in [0.717, 1.165) is 5.69 Å². The maximum absolute atomic E-state index is 12.9. The molecular formula is C20H17FN4O3. The van der Waals surface area contributed by atoms with Gasteiger partial charge in [-0.05, 0) is 54.1 Å². The fourth-order valence-electron chi connectivity index (χ4n) is 2.40. The quantitative estimate of drug-likeness (QED) is 0.637. The Morgan fingerprint density at radius 1 is 0.929 bits per heavy atom. The van der Waals surface area contributed by atoms with Crippen molar-refractivity contribution < 1.29 is 18.7 Å². The summed E-state index contributed by atoms with van der Waals surface area (Å²) in [6.45, 7) is 0. The second kappa shape index (κ2) is 8.72. The summed E-state index contributed by atoms with van der Waals surface area (Å²) in [5, 5.41) is 13.6. The van der Waals surface area contributed by atoms with Gasteiger partial charge < -0.3 is 15.4 Å². The van der Waals surface area contributed by atoms with Crippen molar-refractivity contribution in [2.45, 2.75) is 6.42 Å². The van der Waals surface area contributed by atoms with Gasteiger partial charge in [0, 0.05) is 5.69 Å². The molecule has 142 valence electrons. The van der Waals surface area contributed by atoms with E-state index in [9.17, 15) is 14.0 Å². The average molecular weight is 380 g/mol. The second-order valence-corrected chi connectivity index (χ2v) is 5.85. The van der Waals surface area contributed by atoms with Gasteiger partial charge in [0.1, 0.15) is 5.82 Å². The topological polar surface area (TPSA) is 93.2 Å². The van der Waals surface area contributed by atoms with Crippen molar-refractivity contribution in [3.05, 3.63) is 77.6 Å². The number of esters is 1. The summed E-state index contributed by atoms with van der Waals surface area (Å²) < 4.78 is 17.5. The molecule has 2 N–H and O–H groups in total. The SMILES string of the molecule is COC(=O)c1ccc(Nc2ccc(NC(=O)Cc3ccc(F)cc3)nn2)cc1. The number of carbonyl (C=O) groups excluding carboxylic acids is 2. The number of amides is 1. The van der Waals surface area contributed by atoms with Crippen LogP contribution in [-0.2, 0) is 16.0 Å². The van der Waals surface area contributed by atoms with Crippen molar-refractivity contribution in [2.24, 2.45) is 0 Å². The Morgan fingerprint density at radius 2 is 1.57 bits per heavy atom. The number of hydrogen-bond acceptors (Lipinski definition) is 6. The van der Waals surface area contributed by atoms with Crippen LogP contribution in [0.1, 0.15) is 15.9 Å². The fourth-order valence-corrected chi connectivity index (χ4v) is 2.40. The summed E-state index contributed by atoms with van der Waals surface area (Å²) in [6.07, 6.45) is 0.106. The smallest absolute Gasteiger partial charge is 0.337 e. The molecule has 2 aromatic carbocycles. The minimum Gasteiger partial charge on any atom is -0.465 e. The molecule has 3 aromatic rings. The first-order chi connectivity index (χ1) is 13.5. The molecule has 1 amide bonds. The lowest BCUT2D eigenvalue weighted by Crippen LogP contribution is -2.15. The van der Waals surface area contributed by atoms with Crippen LogP contribution in [0.15, 0.2) is 60.7 Å². The van der Waals surface area contributed by atoms with Crippen molar-refractivity contribution >= 4 is 29.2 Å². The first-order valence-electron chi connectivity index (χ1n) is 8.37. The molecule has 0 saturated carbocycles. The van der Waals surface area contributed by atoms with E-state index in [0.29, 0.717) is 22.8 Å². The minimum atomic E-state index is -0.410. The molecule has 8 heteroatoms. The lowest BCUT2D eigenvalue weighted by atomic mass is 10.1. The number of benzene rings is 2. The van der Waals surface area contributed by atoms with E-state index in [4.69, 9.17) is 0 Å². The zero-order valence-corrected chi connectivity index (χ0v) is 15.0. The van der Waals surface area contributed by atoms with Gasteiger partial charge in [0.25, 0.3) is 0 Å². The molecule has 0 unspecified atom stereocenters. The van der Waals surface area contributed by atoms with Crippen molar-refractivity contribution in [1.82, 2.24) is 10.2 Å². The van der Waals surface area contributed by atoms with Gasteiger partial charge in [0.05, 0.1) is 19.1 Å². The molecule has 0 aliphatic carbocycles. The summed E-state index contributed by atoms with van der Waals surface area (Å²) in [5.41, 5.74) is 1.86. The number of ether oxygens (including phenoxy) is 1. The van der Waals surface area contributed by atoms with Crippen LogP contribution in [0.5, 0.6) is 0 Å². The van der Waals surface area contributed by atoms with Gasteiger partial charge in [-0.25, -0.2) is 9.18 Å². The van der Waals surface area contributed by atoms with Crippen molar-refractivity contribution in [3.63, 3.8) is 0 Å². The predicted octanol–water partition coefficient (Wildman–Crippen LogP) is 3.33. The molecule has 0 aliphatic rings. The standard InChI is InChI=1S/C20H17FN4O3/c1-28-20(27)14-4-8-16(9-5-14)22-17-10-11-18(25-24-17)23-19(26)12-13-2-6-15(21)7-3-13/h2-11H,12H2,1H3,(H,22,24)(H,23,25,26). The molecule has 1 heterocycles. The van der Waals surface area contributed by atoms with Gasteiger partial charge in [-0.1, -0.05) is 12.1 Å². The number of halogens is 1. The summed E-state index contributed by atoms with van der Waals surface area (Å²) in [5.74, 6) is -0.258. The van der Waals surface area contributed by atoms with Gasteiger partial charge in [-0.2, -0.15) is 0 Å². The number of anilines is 3. The molecule has 28 heavy (non-hydrogen) atoms. The molecule has 0 spiro atoms.